The lowest BCUT2D eigenvalue weighted by Crippen LogP contribution is -2.24. The number of hydrogen-bond acceptors (Lipinski definition) is 6. The maximum absolute atomic E-state index is 12.4. The number of benzene rings is 2. The van der Waals surface area contributed by atoms with E-state index in [4.69, 9.17) is 4.74 Å². The number of para-hydroxylation sites is 2. The largest absolute Gasteiger partial charge is 0.496 e. The summed E-state index contributed by atoms with van der Waals surface area (Å²) in [6.07, 6.45) is 1.74. The van der Waals surface area contributed by atoms with E-state index in [0.717, 1.165) is 27.9 Å². The first kappa shape index (κ1) is 18.4. The molecule has 0 atom stereocenters. The highest BCUT2D eigenvalue weighted by molar-refractivity contribution is 5.93. The minimum atomic E-state index is -0.304. The molecule has 0 aliphatic heterocycles. The van der Waals surface area contributed by atoms with E-state index in [1.165, 1.54) is 0 Å². The zero-order valence-corrected chi connectivity index (χ0v) is 15.8. The number of aromatic nitrogens is 3. The minimum Gasteiger partial charge on any atom is -0.496 e. The second-order valence-corrected chi connectivity index (χ2v) is 6.30. The molecule has 0 bridgehead atoms. The van der Waals surface area contributed by atoms with Crippen molar-refractivity contribution in [3.05, 3.63) is 84.2 Å². The van der Waals surface area contributed by atoms with Crippen molar-refractivity contribution in [3.63, 3.8) is 0 Å². The number of nitrogens with one attached hydrogen (secondary N) is 2. The molecule has 4 rings (SSSR count). The van der Waals surface area contributed by atoms with Gasteiger partial charge in [-0.1, -0.05) is 36.4 Å². The van der Waals surface area contributed by atoms with Crippen LogP contribution < -0.4 is 15.4 Å². The lowest BCUT2D eigenvalue weighted by atomic mass is 10.2. The third-order valence-corrected chi connectivity index (χ3v) is 4.42. The SMILES string of the molecule is COc1ccccc1CNC(=O)c1ccc(Nc2cccc3cccnc23)nn1. The summed E-state index contributed by atoms with van der Waals surface area (Å²) in [6, 6.07) is 20.6. The van der Waals surface area contributed by atoms with Crippen molar-refractivity contribution < 1.29 is 9.53 Å². The van der Waals surface area contributed by atoms with Crippen LogP contribution in [0.5, 0.6) is 5.75 Å². The zero-order chi connectivity index (χ0) is 20.1. The van der Waals surface area contributed by atoms with E-state index in [1.807, 2.05) is 54.6 Å². The molecule has 0 saturated carbocycles. The van der Waals surface area contributed by atoms with E-state index >= 15 is 0 Å². The van der Waals surface area contributed by atoms with Crippen molar-refractivity contribution in [2.24, 2.45) is 0 Å². The van der Waals surface area contributed by atoms with Gasteiger partial charge in [0.2, 0.25) is 0 Å². The second kappa shape index (κ2) is 8.35. The van der Waals surface area contributed by atoms with E-state index in [2.05, 4.69) is 25.8 Å². The first-order valence-corrected chi connectivity index (χ1v) is 9.09. The van der Waals surface area contributed by atoms with Gasteiger partial charge >= 0.3 is 0 Å². The Morgan fingerprint density at radius 2 is 1.83 bits per heavy atom. The summed E-state index contributed by atoms with van der Waals surface area (Å²) in [4.78, 5) is 16.8. The molecule has 0 aliphatic carbocycles. The number of hydrogen-bond donors (Lipinski definition) is 2. The van der Waals surface area contributed by atoms with Gasteiger partial charge in [0, 0.05) is 23.7 Å². The molecule has 0 radical (unpaired) electrons. The number of ether oxygens (including phenoxy) is 1. The molecular formula is C22H19N5O2. The highest BCUT2D eigenvalue weighted by atomic mass is 16.5. The molecular weight excluding hydrogens is 366 g/mol. The number of amides is 1. The Labute approximate surface area is 167 Å². The smallest absolute Gasteiger partial charge is 0.272 e. The molecule has 29 heavy (non-hydrogen) atoms. The zero-order valence-electron chi connectivity index (χ0n) is 15.8. The molecule has 0 saturated heterocycles. The molecule has 0 spiro atoms. The Morgan fingerprint density at radius 1 is 0.966 bits per heavy atom. The number of carbonyl (C=O) groups is 1. The maximum Gasteiger partial charge on any atom is 0.272 e. The van der Waals surface area contributed by atoms with Crippen LogP contribution >= 0.6 is 0 Å². The van der Waals surface area contributed by atoms with Gasteiger partial charge in [-0.3, -0.25) is 9.78 Å². The van der Waals surface area contributed by atoms with Crippen molar-refractivity contribution in [2.75, 3.05) is 12.4 Å². The fourth-order valence-electron chi connectivity index (χ4n) is 2.98. The standard InChI is InChI=1S/C22H19N5O2/c1-29-19-10-3-2-6-16(19)14-24-22(28)18-11-12-20(27-26-18)25-17-9-4-7-15-8-5-13-23-21(15)17/h2-13H,14H2,1H3,(H,24,28)(H,25,27). The molecule has 4 aromatic rings. The number of rotatable bonds is 6. The van der Waals surface area contributed by atoms with Crippen molar-refractivity contribution in [1.82, 2.24) is 20.5 Å². The second-order valence-electron chi connectivity index (χ2n) is 6.30. The molecule has 2 aromatic carbocycles. The Bertz CT molecular complexity index is 1140. The average molecular weight is 385 g/mol. The summed E-state index contributed by atoms with van der Waals surface area (Å²) in [5.41, 5.74) is 2.79. The molecule has 2 heterocycles. The molecule has 0 unspecified atom stereocenters. The molecule has 7 nitrogen and oxygen atoms in total. The number of fused-ring (bicyclic) bond motifs is 1. The topological polar surface area (TPSA) is 89.0 Å². The maximum atomic E-state index is 12.4. The van der Waals surface area contributed by atoms with Crippen LogP contribution in [0.1, 0.15) is 16.1 Å². The minimum absolute atomic E-state index is 0.237. The summed E-state index contributed by atoms with van der Waals surface area (Å²) in [7, 11) is 1.60. The Kier molecular flexibility index (Phi) is 5.29. The van der Waals surface area contributed by atoms with E-state index in [0.29, 0.717) is 12.4 Å². The lowest BCUT2D eigenvalue weighted by molar-refractivity contribution is 0.0944. The molecule has 7 heteroatoms. The molecule has 0 aliphatic rings. The van der Waals surface area contributed by atoms with E-state index < -0.39 is 0 Å². The number of anilines is 2. The first-order valence-electron chi connectivity index (χ1n) is 9.09. The summed E-state index contributed by atoms with van der Waals surface area (Å²) in [5, 5.41) is 15.2. The molecule has 0 fully saturated rings. The van der Waals surface area contributed by atoms with Gasteiger partial charge in [0.25, 0.3) is 5.91 Å². The molecule has 2 N–H and O–H groups in total. The number of nitrogens with zero attached hydrogens (tertiary/aromatic N) is 3. The lowest BCUT2D eigenvalue weighted by Gasteiger charge is -2.10. The highest BCUT2D eigenvalue weighted by Crippen LogP contribution is 2.23. The Morgan fingerprint density at radius 3 is 2.66 bits per heavy atom. The number of methoxy groups -OCH3 is 1. The molecule has 144 valence electrons. The van der Waals surface area contributed by atoms with Gasteiger partial charge < -0.3 is 15.4 Å². The number of carbonyl (C=O) groups excluding carboxylic acids is 1. The Balaban J connectivity index is 1.44. The fraction of sp³-hybridized carbons (Fsp3) is 0.0909. The predicted octanol–water partition coefficient (Wildman–Crippen LogP) is 3.71. The normalized spacial score (nSPS) is 10.5. The average Bonchev–Trinajstić information content (AvgIpc) is 2.78. The van der Waals surface area contributed by atoms with Gasteiger partial charge in [-0.2, -0.15) is 0 Å². The fourth-order valence-corrected chi connectivity index (χ4v) is 2.98. The van der Waals surface area contributed by atoms with Crippen molar-refractivity contribution >= 4 is 28.3 Å². The van der Waals surface area contributed by atoms with E-state index in [9.17, 15) is 4.79 Å². The summed E-state index contributed by atoms with van der Waals surface area (Å²) in [5.74, 6) is 0.952. The third kappa shape index (κ3) is 4.14. The van der Waals surface area contributed by atoms with Crippen LogP contribution in [0.25, 0.3) is 10.9 Å². The van der Waals surface area contributed by atoms with Crippen LogP contribution in [-0.2, 0) is 6.54 Å². The van der Waals surface area contributed by atoms with Crippen LogP contribution in [0.15, 0.2) is 72.9 Å². The van der Waals surface area contributed by atoms with Crippen molar-refractivity contribution in [3.8, 4) is 5.75 Å². The van der Waals surface area contributed by atoms with Crippen LogP contribution in [0.3, 0.4) is 0 Å². The molecule has 2 aromatic heterocycles. The quantitative estimate of drug-likeness (QED) is 0.526. The summed E-state index contributed by atoms with van der Waals surface area (Å²) in [6.45, 7) is 0.339. The van der Waals surface area contributed by atoms with E-state index in [-0.39, 0.29) is 11.6 Å². The van der Waals surface area contributed by atoms with Gasteiger partial charge in [-0.25, -0.2) is 0 Å². The molecule has 1 amide bonds. The Hall–Kier alpha value is -4.00. The van der Waals surface area contributed by atoms with Gasteiger partial charge in [0.15, 0.2) is 11.5 Å². The highest BCUT2D eigenvalue weighted by Gasteiger charge is 2.10. The predicted molar refractivity (Wildman–Crippen MR) is 111 cm³/mol. The summed E-state index contributed by atoms with van der Waals surface area (Å²) >= 11 is 0. The van der Waals surface area contributed by atoms with Crippen LogP contribution in [0.2, 0.25) is 0 Å². The van der Waals surface area contributed by atoms with E-state index in [1.54, 1.807) is 25.4 Å². The van der Waals surface area contributed by atoms with Crippen LogP contribution in [0.4, 0.5) is 11.5 Å². The van der Waals surface area contributed by atoms with Gasteiger partial charge in [-0.15, -0.1) is 10.2 Å². The van der Waals surface area contributed by atoms with Gasteiger partial charge in [-0.05, 0) is 30.3 Å². The van der Waals surface area contributed by atoms with Crippen molar-refractivity contribution in [1.29, 1.82) is 0 Å². The first-order chi connectivity index (χ1) is 14.2. The van der Waals surface area contributed by atoms with Gasteiger partial charge in [0.05, 0.1) is 18.3 Å². The number of pyridine rings is 1. The van der Waals surface area contributed by atoms with Crippen LogP contribution in [0, 0.1) is 0 Å². The van der Waals surface area contributed by atoms with Crippen LogP contribution in [-0.4, -0.2) is 28.2 Å². The third-order valence-electron chi connectivity index (χ3n) is 4.42. The van der Waals surface area contributed by atoms with Gasteiger partial charge in [0.1, 0.15) is 5.75 Å². The van der Waals surface area contributed by atoms with Crippen molar-refractivity contribution in [2.45, 2.75) is 6.54 Å². The summed E-state index contributed by atoms with van der Waals surface area (Å²) < 4.78 is 5.29. The monoisotopic (exact) mass is 385 g/mol.